The summed E-state index contributed by atoms with van der Waals surface area (Å²) in [4.78, 5) is 12.7. The number of halogens is 1. The number of ether oxygens (including phenoxy) is 1. The molecule has 0 aromatic heterocycles. The normalized spacial score (nSPS) is 11.2. The fraction of sp³-hybridized carbons (Fsp3) is 0.0741. The molecular formula is C27H23BrO2P+. The van der Waals surface area contributed by atoms with E-state index in [0.717, 1.165) is 16.2 Å². The molecule has 31 heavy (non-hydrogen) atoms. The van der Waals surface area contributed by atoms with Gasteiger partial charge in [-0.25, -0.2) is 4.79 Å². The summed E-state index contributed by atoms with van der Waals surface area (Å²) in [5.41, 5.74) is 1.59. The molecule has 0 atom stereocenters. The minimum absolute atomic E-state index is 0.316. The van der Waals surface area contributed by atoms with Crippen molar-refractivity contribution in [2.24, 2.45) is 0 Å². The SMILES string of the molecule is COC(=O)c1cc(Br)ccc1C[P+](c1ccccc1)(c1ccccc1)c1ccccc1. The maximum atomic E-state index is 12.7. The fourth-order valence-electron chi connectivity index (χ4n) is 4.01. The highest BCUT2D eigenvalue weighted by Gasteiger charge is 2.46. The summed E-state index contributed by atoms with van der Waals surface area (Å²) in [6.07, 6.45) is 0.725. The van der Waals surface area contributed by atoms with Gasteiger partial charge < -0.3 is 4.74 Å². The highest BCUT2D eigenvalue weighted by Crippen LogP contribution is 2.58. The molecule has 0 spiro atoms. The van der Waals surface area contributed by atoms with Crippen LogP contribution in [0.5, 0.6) is 0 Å². The first kappa shape index (κ1) is 21.5. The molecule has 0 bridgehead atoms. The molecule has 0 radical (unpaired) electrons. The monoisotopic (exact) mass is 489 g/mol. The van der Waals surface area contributed by atoms with Crippen LogP contribution in [0.1, 0.15) is 15.9 Å². The van der Waals surface area contributed by atoms with Crippen LogP contribution in [0, 0.1) is 0 Å². The fourth-order valence-corrected chi connectivity index (χ4v) is 8.64. The van der Waals surface area contributed by atoms with Gasteiger partial charge in [0.15, 0.2) is 0 Å². The van der Waals surface area contributed by atoms with Crippen LogP contribution in [-0.4, -0.2) is 13.1 Å². The highest BCUT2D eigenvalue weighted by atomic mass is 79.9. The summed E-state index contributed by atoms with van der Waals surface area (Å²) in [6.45, 7) is 0. The lowest BCUT2D eigenvalue weighted by molar-refractivity contribution is 0.0599. The van der Waals surface area contributed by atoms with Crippen LogP contribution in [0.4, 0.5) is 0 Å². The van der Waals surface area contributed by atoms with Crippen molar-refractivity contribution in [2.75, 3.05) is 7.11 Å². The van der Waals surface area contributed by atoms with Gasteiger partial charge in [0.05, 0.1) is 18.8 Å². The maximum absolute atomic E-state index is 12.7. The molecule has 2 nitrogen and oxygen atoms in total. The third-order valence-corrected chi connectivity index (χ3v) is 10.3. The van der Waals surface area contributed by atoms with Crippen LogP contribution in [0.3, 0.4) is 0 Å². The number of carbonyl (C=O) groups excluding carboxylic acids is 1. The van der Waals surface area contributed by atoms with Crippen molar-refractivity contribution in [3.63, 3.8) is 0 Å². The zero-order chi connectivity index (χ0) is 21.7. The number of esters is 1. The molecule has 0 aliphatic rings. The molecule has 0 aliphatic heterocycles. The van der Waals surface area contributed by atoms with Crippen molar-refractivity contribution >= 4 is 45.1 Å². The molecule has 4 aromatic carbocycles. The predicted octanol–water partition coefficient (Wildman–Crippen LogP) is 5.73. The summed E-state index contributed by atoms with van der Waals surface area (Å²) in [7, 11) is -0.659. The van der Waals surface area contributed by atoms with Crippen molar-refractivity contribution in [3.05, 3.63) is 125 Å². The number of rotatable bonds is 6. The number of benzene rings is 4. The molecule has 0 unspecified atom stereocenters. The van der Waals surface area contributed by atoms with Crippen molar-refractivity contribution in [2.45, 2.75) is 6.16 Å². The van der Waals surface area contributed by atoms with Crippen molar-refractivity contribution in [3.8, 4) is 0 Å². The summed E-state index contributed by atoms with van der Waals surface area (Å²) in [6, 6.07) is 37.9. The number of hydrogen-bond donors (Lipinski definition) is 0. The van der Waals surface area contributed by atoms with Gasteiger partial charge in [-0.05, 0) is 48.5 Å². The summed E-state index contributed by atoms with van der Waals surface area (Å²) in [5, 5.41) is 3.85. The van der Waals surface area contributed by atoms with Crippen LogP contribution >= 0.6 is 23.2 Å². The van der Waals surface area contributed by atoms with E-state index in [0.29, 0.717) is 5.56 Å². The first-order valence-corrected chi connectivity index (χ1v) is 12.8. The number of hydrogen-bond acceptors (Lipinski definition) is 2. The van der Waals surface area contributed by atoms with Crippen LogP contribution in [-0.2, 0) is 10.9 Å². The van der Waals surface area contributed by atoms with Gasteiger partial charge in [-0.3, -0.25) is 0 Å². The largest absolute Gasteiger partial charge is 0.465 e. The van der Waals surface area contributed by atoms with Crippen LogP contribution in [0.2, 0.25) is 0 Å². The minimum Gasteiger partial charge on any atom is -0.465 e. The van der Waals surface area contributed by atoms with Crippen LogP contribution in [0.15, 0.2) is 114 Å². The molecule has 0 aliphatic carbocycles. The molecular weight excluding hydrogens is 467 g/mol. The second kappa shape index (κ2) is 9.60. The average molecular weight is 490 g/mol. The lowest BCUT2D eigenvalue weighted by atomic mass is 10.1. The Bertz CT molecular complexity index is 1070. The van der Waals surface area contributed by atoms with Gasteiger partial charge in [0.2, 0.25) is 0 Å². The van der Waals surface area contributed by atoms with E-state index in [2.05, 4.69) is 88.7 Å². The van der Waals surface area contributed by atoms with Gasteiger partial charge in [-0.1, -0.05) is 76.6 Å². The molecule has 0 amide bonds. The summed E-state index contributed by atoms with van der Waals surface area (Å²) < 4.78 is 5.98. The molecule has 0 saturated heterocycles. The zero-order valence-electron chi connectivity index (χ0n) is 17.2. The average Bonchev–Trinajstić information content (AvgIpc) is 2.84. The van der Waals surface area contributed by atoms with Crippen LogP contribution in [0.25, 0.3) is 0 Å². The number of methoxy groups -OCH3 is 1. The van der Waals surface area contributed by atoms with E-state index in [1.165, 1.54) is 23.0 Å². The molecule has 0 saturated carbocycles. The van der Waals surface area contributed by atoms with E-state index in [4.69, 9.17) is 4.74 Å². The number of carbonyl (C=O) groups is 1. The van der Waals surface area contributed by atoms with E-state index in [1.807, 2.05) is 36.4 Å². The van der Waals surface area contributed by atoms with E-state index in [9.17, 15) is 4.79 Å². The Hall–Kier alpha value is -2.74. The van der Waals surface area contributed by atoms with Crippen molar-refractivity contribution < 1.29 is 9.53 Å². The van der Waals surface area contributed by atoms with Gasteiger partial charge in [0, 0.05) is 10.0 Å². The Morgan fingerprint density at radius 3 is 1.61 bits per heavy atom. The summed E-state index contributed by atoms with van der Waals surface area (Å²) >= 11 is 3.51. The molecule has 4 rings (SSSR count). The quantitative estimate of drug-likeness (QED) is 0.255. The van der Waals surface area contributed by atoms with Crippen molar-refractivity contribution in [1.82, 2.24) is 0 Å². The van der Waals surface area contributed by atoms with Crippen molar-refractivity contribution in [1.29, 1.82) is 0 Å². The molecule has 0 heterocycles. The molecule has 0 fully saturated rings. The predicted molar refractivity (Wildman–Crippen MR) is 134 cm³/mol. The standard InChI is InChI=1S/C27H23BrO2P/c1-30-27(29)26-19-22(28)18-17-21(26)20-31(23-11-5-2-6-12-23,24-13-7-3-8-14-24)25-15-9-4-10-16-25/h2-19H,20H2,1H3/q+1. The lowest BCUT2D eigenvalue weighted by Gasteiger charge is -2.28. The molecule has 0 N–H and O–H groups in total. The Kier molecular flexibility index (Phi) is 6.65. The third kappa shape index (κ3) is 4.35. The van der Waals surface area contributed by atoms with E-state index >= 15 is 0 Å². The Balaban J connectivity index is 2.02. The van der Waals surface area contributed by atoms with Gasteiger partial charge >= 0.3 is 5.97 Å². The highest BCUT2D eigenvalue weighted by molar-refractivity contribution is 9.10. The van der Waals surface area contributed by atoms with E-state index in [1.54, 1.807) is 0 Å². The van der Waals surface area contributed by atoms with Gasteiger partial charge in [-0.2, -0.15) is 0 Å². The first-order chi connectivity index (χ1) is 15.1. The minimum atomic E-state index is -2.09. The lowest BCUT2D eigenvalue weighted by Crippen LogP contribution is -2.32. The first-order valence-electron chi connectivity index (χ1n) is 10.1. The summed E-state index contributed by atoms with van der Waals surface area (Å²) in [5.74, 6) is -0.316. The van der Waals surface area contributed by atoms with Gasteiger partial charge in [-0.15, -0.1) is 0 Å². The van der Waals surface area contributed by atoms with E-state index < -0.39 is 7.26 Å². The second-order valence-electron chi connectivity index (χ2n) is 7.27. The van der Waals surface area contributed by atoms with E-state index in [-0.39, 0.29) is 5.97 Å². The third-order valence-electron chi connectivity index (χ3n) is 5.48. The smallest absolute Gasteiger partial charge is 0.338 e. The molecule has 4 aromatic rings. The second-order valence-corrected chi connectivity index (χ2v) is 11.7. The van der Waals surface area contributed by atoms with Gasteiger partial charge in [0.1, 0.15) is 23.2 Å². The molecule has 154 valence electrons. The zero-order valence-corrected chi connectivity index (χ0v) is 19.7. The Labute approximate surface area is 192 Å². The molecule has 4 heteroatoms. The van der Waals surface area contributed by atoms with Gasteiger partial charge in [0.25, 0.3) is 0 Å². The Morgan fingerprint density at radius 2 is 1.19 bits per heavy atom. The Morgan fingerprint density at radius 1 is 0.742 bits per heavy atom. The van der Waals surface area contributed by atoms with Crippen LogP contribution < -0.4 is 15.9 Å². The topological polar surface area (TPSA) is 26.3 Å². The maximum Gasteiger partial charge on any atom is 0.338 e.